The molecule has 4 N–H and O–H groups in total. The van der Waals surface area contributed by atoms with Crippen LogP contribution in [-0.4, -0.2) is 123 Å². The fraction of sp³-hybridized carbons (Fsp3) is 0.536. The van der Waals surface area contributed by atoms with Crippen LogP contribution in [0.1, 0.15) is 118 Å². The van der Waals surface area contributed by atoms with Crippen LogP contribution in [0.15, 0.2) is 83.9 Å². The summed E-state index contributed by atoms with van der Waals surface area (Å²) in [4.78, 5) is 44.2. The first-order valence-corrected chi connectivity index (χ1v) is 28.4. The van der Waals surface area contributed by atoms with Crippen molar-refractivity contribution in [1.29, 1.82) is 0 Å². The first-order chi connectivity index (χ1) is 35.6. The second-order valence-electron chi connectivity index (χ2n) is 22.5. The van der Waals surface area contributed by atoms with Crippen LogP contribution in [0.3, 0.4) is 0 Å². The number of carbonyl (C=O) groups excluding carboxylic acids is 1. The van der Waals surface area contributed by atoms with Gasteiger partial charge in [-0.05, 0) is 142 Å². The van der Waals surface area contributed by atoms with E-state index in [4.69, 9.17) is 14.5 Å². The van der Waals surface area contributed by atoms with Crippen LogP contribution < -0.4 is 24.7 Å². The monoisotopic (exact) mass is 1030 g/mol. The second kappa shape index (κ2) is 20.4. The third-order valence-corrected chi connectivity index (χ3v) is 18.6. The number of rotatable bonds is 12. The largest absolute Gasteiger partial charge is 0.390 e. The smallest absolute Gasteiger partial charge is 0.293 e. The molecule has 5 fully saturated rings. The molecule has 2 aromatic heterocycles. The van der Waals surface area contributed by atoms with Gasteiger partial charge in [0.05, 0.1) is 64.3 Å². The van der Waals surface area contributed by atoms with Crippen LogP contribution in [0, 0.1) is 21.4 Å². The topological polar surface area (TPSA) is 199 Å². The number of sulfonamides is 1. The number of pyridine rings is 1. The van der Waals surface area contributed by atoms with Gasteiger partial charge in [0.15, 0.2) is 5.82 Å². The summed E-state index contributed by atoms with van der Waals surface area (Å²) >= 11 is 0. The predicted molar refractivity (Wildman–Crippen MR) is 287 cm³/mol. The summed E-state index contributed by atoms with van der Waals surface area (Å²) in [6, 6.07) is 23.1. The van der Waals surface area contributed by atoms with Crippen LogP contribution >= 0.6 is 0 Å². The number of aliphatic hydroxyl groups is 1. The lowest BCUT2D eigenvalue weighted by Crippen LogP contribution is -2.58. The van der Waals surface area contributed by atoms with E-state index >= 15 is 0 Å². The number of ether oxygens (including phenoxy) is 2. The van der Waals surface area contributed by atoms with Crippen molar-refractivity contribution in [2.75, 3.05) is 85.7 Å². The zero-order chi connectivity index (χ0) is 51.4. The van der Waals surface area contributed by atoms with Crippen LogP contribution in [0.2, 0.25) is 0 Å². The number of hydrogen-bond donors (Lipinski definition) is 4. The van der Waals surface area contributed by atoms with Gasteiger partial charge < -0.3 is 39.6 Å². The molecule has 0 radical (unpaired) electrons. The SMILES string of the molecule is CC(C)c1ccccc1[C@@H]1COCCN1C1CC2(CCN(c3ccc(C(=O)NS(=O)(=O)c4ccc(NCC5CCC(C)(O)CC5)c([N+](=O)[O-])c4)c(N4CC[C@H]5COCCCN5c5nc6[nH]ccc6cc54)c3)CC2)C1. The zero-order valence-corrected chi connectivity index (χ0v) is 43.7. The van der Waals surface area contributed by atoms with E-state index in [0.29, 0.717) is 69.8 Å². The highest BCUT2D eigenvalue weighted by Gasteiger charge is 2.50. The summed E-state index contributed by atoms with van der Waals surface area (Å²) < 4.78 is 43.0. The van der Waals surface area contributed by atoms with Crippen LogP contribution in [0.5, 0.6) is 0 Å². The summed E-state index contributed by atoms with van der Waals surface area (Å²) in [5.74, 6) is 0.554. The van der Waals surface area contributed by atoms with Gasteiger partial charge in [0.2, 0.25) is 0 Å². The Morgan fingerprint density at radius 1 is 0.905 bits per heavy atom. The third kappa shape index (κ3) is 10.1. The summed E-state index contributed by atoms with van der Waals surface area (Å²) in [7, 11) is -4.61. The van der Waals surface area contributed by atoms with Crippen molar-refractivity contribution in [3.05, 3.63) is 106 Å². The van der Waals surface area contributed by atoms with Crippen LogP contribution in [0.4, 0.5) is 34.3 Å². The van der Waals surface area contributed by atoms with Crippen molar-refractivity contribution in [3.8, 4) is 0 Å². The van der Waals surface area contributed by atoms with E-state index in [9.17, 15) is 28.4 Å². The van der Waals surface area contributed by atoms with E-state index in [2.05, 4.69) is 78.8 Å². The highest BCUT2D eigenvalue weighted by Crippen LogP contribution is 2.54. The molecule has 4 aliphatic heterocycles. The number of hydrogen-bond acceptors (Lipinski definition) is 14. The first kappa shape index (κ1) is 50.4. The Balaban J connectivity index is 0.869. The number of nitro groups is 1. The molecule has 0 unspecified atom stereocenters. The highest BCUT2D eigenvalue weighted by atomic mass is 32.2. The maximum absolute atomic E-state index is 14.8. The number of carbonyl (C=O) groups is 1. The number of anilines is 5. The van der Waals surface area contributed by atoms with Gasteiger partial charge in [0.25, 0.3) is 21.6 Å². The molecule has 394 valence electrons. The number of piperidine rings is 1. The quantitative estimate of drug-likeness (QED) is 0.0682. The highest BCUT2D eigenvalue weighted by molar-refractivity contribution is 7.90. The van der Waals surface area contributed by atoms with Crippen molar-refractivity contribution in [1.82, 2.24) is 19.6 Å². The fourth-order valence-electron chi connectivity index (χ4n) is 13.0. The van der Waals surface area contributed by atoms with E-state index < -0.39 is 37.0 Å². The van der Waals surface area contributed by atoms with E-state index in [-0.39, 0.29) is 34.7 Å². The maximum Gasteiger partial charge on any atom is 0.293 e. The normalized spacial score (nSPS) is 24.7. The Morgan fingerprint density at radius 3 is 2.47 bits per heavy atom. The minimum atomic E-state index is -4.61. The molecule has 2 atom stereocenters. The number of nitrogens with zero attached hydrogens (tertiary/aromatic N) is 6. The van der Waals surface area contributed by atoms with Gasteiger partial charge in [-0.25, -0.2) is 18.1 Å². The number of amides is 1. The molecular formula is C56H71N9O8S. The Morgan fingerprint density at radius 2 is 1.69 bits per heavy atom. The lowest BCUT2D eigenvalue weighted by molar-refractivity contribution is -0.384. The molecule has 1 amide bonds. The molecule has 2 saturated carbocycles. The average molecular weight is 1030 g/mol. The molecule has 74 heavy (non-hydrogen) atoms. The number of benzene rings is 3. The average Bonchev–Trinajstić information content (AvgIpc) is 3.65. The van der Waals surface area contributed by atoms with Crippen molar-refractivity contribution in [2.24, 2.45) is 11.3 Å². The van der Waals surface area contributed by atoms with Crippen molar-refractivity contribution in [3.63, 3.8) is 0 Å². The maximum atomic E-state index is 14.8. The molecule has 0 bridgehead atoms. The number of morpholine rings is 1. The molecule has 3 aromatic carbocycles. The lowest BCUT2D eigenvalue weighted by atomic mass is 9.59. The predicted octanol–water partition coefficient (Wildman–Crippen LogP) is 9.03. The Labute approximate surface area is 434 Å². The van der Waals surface area contributed by atoms with Crippen molar-refractivity contribution < 1.29 is 32.7 Å². The number of nitrogens with one attached hydrogen (secondary N) is 3. The first-order valence-electron chi connectivity index (χ1n) is 26.9. The number of fused-ring (bicyclic) bond motifs is 4. The summed E-state index contributed by atoms with van der Waals surface area (Å²) in [6.07, 6.45) is 10.6. The number of H-pyrrole nitrogens is 1. The molecular weight excluding hydrogens is 959 g/mol. The lowest BCUT2D eigenvalue weighted by Gasteiger charge is -2.57. The second-order valence-corrected chi connectivity index (χ2v) is 24.2. The molecule has 6 heterocycles. The standard InChI is InChI=1S/C56H71N9O8S/c1-37(2)44-7-4-5-8-45(44)51-36-73-28-26-62(51)42-32-56(33-42)19-24-61(25-20-56)40-9-11-46(48(30-40)64-23-16-41-35-72-27-6-22-63(41)53-50(64)29-39-15-21-57-52(39)59-53)54(66)60-74(70,71)43-10-12-47(49(31-43)65(68)69)58-34-38-13-17-55(3,67)18-14-38/h4-5,7-12,15,21,29-31,37-38,41-42,51,58,67H,6,13-14,16-20,22-28,32-36H2,1-3H3,(H,57,59)(H,60,66)/t38?,41-,51-,55?/m0/s1. The van der Waals surface area contributed by atoms with Gasteiger partial charge in [0.1, 0.15) is 11.3 Å². The van der Waals surface area contributed by atoms with E-state index in [1.165, 1.54) is 23.3 Å². The molecule has 18 heteroatoms. The minimum Gasteiger partial charge on any atom is -0.390 e. The van der Waals surface area contributed by atoms with Crippen LogP contribution in [-0.2, 0) is 19.5 Å². The van der Waals surface area contributed by atoms with Crippen molar-refractivity contribution in [2.45, 2.75) is 120 Å². The van der Waals surface area contributed by atoms with Crippen LogP contribution in [0.25, 0.3) is 11.0 Å². The minimum absolute atomic E-state index is 0.0246. The van der Waals surface area contributed by atoms with Gasteiger partial charge in [-0.3, -0.25) is 19.8 Å². The molecule has 2 aliphatic carbocycles. The van der Waals surface area contributed by atoms with E-state index in [1.807, 2.05) is 31.3 Å². The molecule has 3 saturated heterocycles. The summed E-state index contributed by atoms with van der Waals surface area (Å²) in [5, 5.41) is 26.9. The fourth-order valence-corrected chi connectivity index (χ4v) is 13.9. The number of aromatic nitrogens is 2. The molecule has 11 rings (SSSR count). The number of nitro benzene ring substituents is 1. The van der Waals surface area contributed by atoms with Gasteiger partial charge in [-0.1, -0.05) is 38.1 Å². The summed E-state index contributed by atoms with van der Waals surface area (Å²) in [6.45, 7) is 13.3. The van der Waals surface area contributed by atoms with Gasteiger partial charge in [-0.2, -0.15) is 0 Å². The summed E-state index contributed by atoms with van der Waals surface area (Å²) in [5.41, 5.74) is 5.30. The molecule has 17 nitrogen and oxygen atoms in total. The Kier molecular flexibility index (Phi) is 13.9. The van der Waals surface area contributed by atoms with Gasteiger partial charge >= 0.3 is 0 Å². The Bertz CT molecular complexity index is 2990. The molecule has 1 spiro atoms. The van der Waals surface area contributed by atoms with Gasteiger partial charge in [-0.15, -0.1) is 0 Å². The zero-order valence-electron chi connectivity index (χ0n) is 42.9. The van der Waals surface area contributed by atoms with E-state index in [0.717, 1.165) is 112 Å². The van der Waals surface area contributed by atoms with Gasteiger partial charge in [0, 0.05) is 75.3 Å². The third-order valence-electron chi connectivity index (χ3n) is 17.3. The molecule has 6 aliphatic rings. The Hall–Kier alpha value is -5.79. The molecule has 5 aromatic rings. The van der Waals surface area contributed by atoms with Crippen molar-refractivity contribution >= 4 is 61.2 Å². The number of aromatic amines is 1. The van der Waals surface area contributed by atoms with E-state index in [1.54, 1.807) is 6.07 Å².